The number of Topliss-reactive ketones (excluding diaryl/α,β-unsaturated/α-hetero) is 1. The summed E-state index contributed by atoms with van der Waals surface area (Å²) in [4.78, 5) is 49.3. The number of aromatic nitrogens is 1. The molecule has 0 spiro atoms. The van der Waals surface area contributed by atoms with Crippen LogP contribution in [0, 0.1) is 5.82 Å². The molecular formula is C27H25F4N3O7S. The topological polar surface area (TPSA) is 154 Å². The number of esters is 1. The number of thiazole rings is 1. The van der Waals surface area contributed by atoms with Crippen LogP contribution in [0.25, 0.3) is 21.7 Å². The van der Waals surface area contributed by atoms with E-state index in [2.05, 4.69) is 10.7 Å². The van der Waals surface area contributed by atoms with E-state index in [0.717, 1.165) is 10.6 Å². The molecule has 1 aliphatic rings. The van der Waals surface area contributed by atoms with Crippen LogP contribution in [-0.4, -0.2) is 54.2 Å². The maximum Gasteiger partial charge on any atom is 0.430 e. The average molecular weight is 612 g/mol. The van der Waals surface area contributed by atoms with E-state index in [1.165, 1.54) is 29.2 Å². The molecule has 2 heterocycles. The number of alkyl halides is 3. The molecule has 1 atom stereocenters. The Hall–Kier alpha value is -4.37. The van der Waals surface area contributed by atoms with Gasteiger partial charge in [-0.2, -0.15) is 13.2 Å². The fourth-order valence-electron chi connectivity index (χ4n) is 3.68. The zero-order valence-corrected chi connectivity index (χ0v) is 22.9. The second kappa shape index (κ2) is 14.0. The number of aliphatic carboxylic acids is 1. The molecule has 0 unspecified atom stereocenters. The molecule has 0 bridgehead atoms. The van der Waals surface area contributed by atoms with Crippen LogP contribution in [0.3, 0.4) is 0 Å². The number of anilines is 1. The molecule has 10 nitrogen and oxygen atoms in total. The van der Waals surface area contributed by atoms with Crippen LogP contribution in [0.2, 0.25) is 0 Å². The minimum Gasteiger partial charge on any atom is -0.542 e. The number of carbonyl (C=O) groups is 4. The molecule has 1 aromatic heterocycles. The van der Waals surface area contributed by atoms with Crippen molar-refractivity contribution >= 4 is 40.8 Å². The molecule has 15 heteroatoms. The molecule has 0 aliphatic carbocycles. The Bertz CT molecular complexity index is 1440. The van der Waals surface area contributed by atoms with Crippen molar-refractivity contribution in [1.82, 2.24) is 4.98 Å². The second-order valence-electron chi connectivity index (χ2n) is 8.94. The van der Waals surface area contributed by atoms with Crippen LogP contribution in [0.5, 0.6) is 0 Å². The standard InChI is InChI=1S/C25H24FN3O5S.C2HF3O2/c1-15(30)2-8-20-12-29(25(32)34-20)19-7-9-21(22(26)10-19)16-3-5-17(6-4-16)24-28-18(14-35-24)13-33-23(31)11-27;3-2(4,5)1(6)7/h3-7,9-10,14,20H,2,8,11-13,27H2,1H3;(H,6,7)/t20-;/m0./s1. The van der Waals surface area contributed by atoms with E-state index >= 15 is 0 Å². The maximum absolute atomic E-state index is 15.0. The minimum atomic E-state index is -5.19. The van der Waals surface area contributed by atoms with Crippen molar-refractivity contribution in [3.8, 4) is 21.7 Å². The minimum absolute atomic E-state index is 0.0338. The highest BCUT2D eigenvalue weighted by Crippen LogP contribution is 2.32. The Balaban J connectivity index is 0.000000616. The van der Waals surface area contributed by atoms with Crippen LogP contribution in [-0.2, 0) is 30.5 Å². The van der Waals surface area contributed by atoms with E-state index in [1.54, 1.807) is 24.3 Å². The van der Waals surface area contributed by atoms with E-state index in [0.29, 0.717) is 35.3 Å². The Labute approximate surface area is 240 Å². The average Bonchev–Trinajstić information content (AvgIpc) is 3.57. The molecule has 1 aliphatic heterocycles. The van der Waals surface area contributed by atoms with E-state index < -0.39 is 24.1 Å². The quantitative estimate of drug-likeness (QED) is 0.286. The lowest BCUT2D eigenvalue weighted by atomic mass is 10.0. The predicted octanol–water partition coefficient (Wildman–Crippen LogP) is 2.89. The molecule has 4 rings (SSSR count). The Morgan fingerprint density at radius 2 is 1.81 bits per heavy atom. The van der Waals surface area contributed by atoms with Gasteiger partial charge in [-0.15, -0.1) is 11.3 Å². The summed E-state index contributed by atoms with van der Waals surface area (Å²) in [5.74, 6) is -3.82. The maximum atomic E-state index is 15.0. The third-order valence-corrected chi connectivity index (χ3v) is 6.71. The lowest BCUT2D eigenvalue weighted by Gasteiger charge is -2.14. The van der Waals surface area contributed by atoms with E-state index in [4.69, 9.17) is 19.4 Å². The van der Waals surface area contributed by atoms with Gasteiger partial charge >= 0.3 is 18.2 Å². The van der Waals surface area contributed by atoms with E-state index in [-0.39, 0.29) is 37.6 Å². The van der Waals surface area contributed by atoms with Crippen LogP contribution in [0.15, 0.2) is 47.8 Å². The fourth-order valence-corrected chi connectivity index (χ4v) is 4.49. The fraction of sp³-hybridized carbons (Fsp3) is 0.296. The molecule has 3 N–H and O–H groups in total. The van der Waals surface area contributed by atoms with Crippen molar-refractivity contribution in [2.75, 3.05) is 18.0 Å². The van der Waals surface area contributed by atoms with Gasteiger partial charge in [-0.3, -0.25) is 4.90 Å². The molecule has 224 valence electrons. The number of nitrogens with zero attached hydrogens (tertiary/aromatic N) is 2. The van der Waals surface area contributed by atoms with Gasteiger partial charge in [-0.25, -0.2) is 19.0 Å². The van der Waals surface area contributed by atoms with Gasteiger partial charge in [-0.05, 0) is 37.1 Å². The van der Waals surface area contributed by atoms with Gasteiger partial charge in [0.1, 0.15) is 35.3 Å². The molecule has 1 saturated heterocycles. The molecular weight excluding hydrogens is 586 g/mol. The van der Waals surface area contributed by atoms with Gasteiger partial charge in [0.05, 0.1) is 17.9 Å². The summed E-state index contributed by atoms with van der Waals surface area (Å²) < 4.78 is 56.9. The van der Waals surface area contributed by atoms with Crippen molar-refractivity contribution < 1.29 is 57.1 Å². The summed E-state index contributed by atoms with van der Waals surface area (Å²) >= 11 is 1.43. The van der Waals surface area contributed by atoms with Gasteiger partial charge in [0.25, 0.3) is 0 Å². The monoisotopic (exact) mass is 611 g/mol. The van der Waals surface area contributed by atoms with Crippen LogP contribution in [0.4, 0.5) is 28.0 Å². The first-order valence-corrected chi connectivity index (χ1v) is 13.2. The number of ketones is 1. The third-order valence-electron chi connectivity index (χ3n) is 5.77. The number of benzene rings is 2. The Morgan fingerprint density at radius 1 is 1.17 bits per heavy atom. The molecule has 1 amide bonds. The third kappa shape index (κ3) is 8.81. The Morgan fingerprint density at radius 3 is 2.38 bits per heavy atom. The number of rotatable bonds is 9. The number of carboxylic acid groups (broad SMARTS) is 1. The van der Waals surface area contributed by atoms with Crippen molar-refractivity contribution in [2.45, 2.75) is 38.7 Å². The van der Waals surface area contributed by atoms with Crippen LogP contribution >= 0.6 is 11.3 Å². The highest BCUT2D eigenvalue weighted by molar-refractivity contribution is 7.13. The van der Waals surface area contributed by atoms with Gasteiger partial charge in [0.15, 0.2) is 6.54 Å². The molecule has 3 aromatic rings. The number of amides is 1. The summed E-state index contributed by atoms with van der Waals surface area (Å²) in [6.45, 7) is 1.94. The molecule has 1 fully saturated rings. The smallest absolute Gasteiger partial charge is 0.430 e. The zero-order chi connectivity index (χ0) is 31.0. The number of quaternary nitrogens is 1. The van der Waals surface area contributed by atoms with Crippen molar-refractivity contribution in [3.63, 3.8) is 0 Å². The number of carboxylic acids is 1. The Kier molecular flexibility index (Phi) is 10.7. The summed E-state index contributed by atoms with van der Waals surface area (Å²) in [5, 5.41) is 11.4. The summed E-state index contributed by atoms with van der Waals surface area (Å²) in [5.41, 5.74) is 6.49. The SMILES string of the molecule is CC(=O)CC[C@H]1CN(c2ccc(-c3ccc(-c4nc(COC(=O)C[NH3+])cs4)cc3)c(F)c2)C(=O)O1.O=C([O-])C(F)(F)F. The molecule has 0 radical (unpaired) electrons. The normalized spacial score (nSPS) is 14.6. The van der Waals surface area contributed by atoms with Crippen LogP contribution in [0.1, 0.15) is 25.5 Å². The van der Waals surface area contributed by atoms with Gasteiger partial charge in [0, 0.05) is 22.9 Å². The first kappa shape index (κ1) is 32.1. The number of ether oxygens (including phenoxy) is 2. The predicted molar refractivity (Wildman–Crippen MR) is 139 cm³/mol. The van der Waals surface area contributed by atoms with E-state index in [9.17, 15) is 31.9 Å². The zero-order valence-electron chi connectivity index (χ0n) is 22.1. The number of hydrogen-bond acceptors (Lipinski definition) is 9. The first-order chi connectivity index (χ1) is 19.8. The van der Waals surface area contributed by atoms with Crippen LogP contribution < -0.4 is 15.7 Å². The number of hydrogen-bond donors (Lipinski definition) is 1. The van der Waals surface area contributed by atoms with Crippen molar-refractivity contribution in [3.05, 3.63) is 59.4 Å². The number of cyclic esters (lactones) is 1. The lowest BCUT2D eigenvalue weighted by Crippen LogP contribution is -2.54. The van der Waals surface area contributed by atoms with Gasteiger partial charge < -0.3 is 29.9 Å². The van der Waals surface area contributed by atoms with Crippen molar-refractivity contribution in [1.29, 1.82) is 0 Å². The summed E-state index contributed by atoms with van der Waals surface area (Å²) in [6, 6.07) is 11.9. The largest absolute Gasteiger partial charge is 0.542 e. The molecule has 2 aromatic carbocycles. The van der Waals surface area contributed by atoms with E-state index in [1.807, 2.05) is 17.5 Å². The number of halogens is 4. The molecule has 0 saturated carbocycles. The first-order valence-electron chi connectivity index (χ1n) is 12.3. The summed E-state index contributed by atoms with van der Waals surface area (Å²) in [7, 11) is 0. The van der Waals surface area contributed by atoms with Crippen molar-refractivity contribution in [2.24, 2.45) is 0 Å². The lowest BCUT2D eigenvalue weighted by molar-refractivity contribution is -0.360. The summed E-state index contributed by atoms with van der Waals surface area (Å²) in [6.07, 6.45) is -5.34. The van der Waals surface area contributed by atoms with Gasteiger partial charge in [-0.1, -0.05) is 24.3 Å². The highest BCUT2D eigenvalue weighted by atomic mass is 32.1. The van der Waals surface area contributed by atoms with Gasteiger partial charge in [0.2, 0.25) is 0 Å². The highest BCUT2D eigenvalue weighted by Gasteiger charge is 2.32. The molecule has 42 heavy (non-hydrogen) atoms. The number of carbonyl (C=O) groups excluding carboxylic acids is 4. The second-order valence-corrected chi connectivity index (χ2v) is 9.80.